The van der Waals surface area contributed by atoms with Gasteiger partial charge < -0.3 is 20.9 Å². The summed E-state index contributed by atoms with van der Waals surface area (Å²) in [5, 5.41) is 16.9. The number of halogens is 6. The molecule has 2 aromatic carbocycles. The summed E-state index contributed by atoms with van der Waals surface area (Å²) in [5.41, 5.74) is 4.87. The molecule has 4 N–H and O–H groups in total. The quantitative estimate of drug-likeness (QED) is 0.309. The van der Waals surface area contributed by atoms with E-state index in [1.807, 2.05) is 0 Å². The lowest BCUT2D eigenvalue weighted by Crippen LogP contribution is -2.40. The molecule has 188 valence electrons. The Hall–Kier alpha value is -3.12. The zero-order valence-corrected chi connectivity index (χ0v) is 20.4. The highest BCUT2D eigenvalue weighted by molar-refractivity contribution is 9.10. The van der Waals surface area contributed by atoms with Gasteiger partial charge in [0.1, 0.15) is 17.0 Å². The first-order chi connectivity index (χ1) is 16.1. The molecule has 0 unspecified atom stereocenters. The number of ether oxygens (including phenoxy) is 1. The standard InChI is InChI=1S/C23H22BrF5N4O2/c1-21(2,34)22(25,26)20-11-19(33(3)32-20)16-9-6-14(24)10-17(16)31-18(12-30)13-4-7-15(8-5-13)35-23(27,28)29/h4-12,31,34H,30H2,1-3H3/b18-12-. The molecule has 0 atom stereocenters. The number of alkyl halides is 5. The zero-order valence-electron chi connectivity index (χ0n) is 18.8. The normalized spacial score (nSPS) is 13.1. The van der Waals surface area contributed by atoms with Crippen LogP contribution in [0.15, 0.2) is 59.2 Å². The first-order valence-electron chi connectivity index (χ1n) is 10.1. The van der Waals surface area contributed by atoms with E-state index in [9.17, 15) is 27.1 Å². The van der Waals surface area contributed by atoms with Crippen molar-refractivity contribution in [2.24, 2.45) is 12.8 Å². The lowest BCUT2D eigenvalue weighted by atomic mass is 9.97. The number of anilines is 1. The van der Waals surface area contributed by atoms with Gasteiger partial charge in [0.2, 0.25) is 0 Å². The van der Waals surface area contributed by atoms with Crippen molar-refractivity contribution in [2.45, 2.75) is 31.7 Å². The van der Waals surface area contributed by atoms with Gasteiger partial charge in [-0.2, -0.15) is 13.9 Å². The van der Waals surface area contributed by atoms with Crippen LogP contribution in [0.25, 0.3) is 17.0 Å². The van der Waals surface area contributed by atoms with E-state index >= 15 is 0 Å². The Kier molecular flexibility index (Phi) is 7.19. The summed E-state index contributed by atoms with van der Waals surface area (Å²) in [6, 6.07) is 11.3. The Labute approximate surface area is 206 Å². The van der Waals surface area contributed by atoms with Crippen LogP contribution in [0, 0.1) is 0 Å². The van der Waals surface area contributed by atoms with Gasteiger partial charge in [0, 0.05) is 29.0 Å². The van der Waals surface area contributed by atoms with E-state index in [0.717, 1.165) is 26.0 Å². The molecule has 0 amide bonds. The maximum Gasteiger partial charge on any atom is 0.573 e. The molecule has 1 heterocycles. The van der Waals surface area contributed by atoms with Crippen molar-refractivity contribution in [3.8, 4) is 17.0 Å². The minimum atomic E-state index is -4.82. The van der Waals surface area contributed by atoms with Gasteiger partial charge in [0.15, 0.2) is 0 Å². The summed E-state index contributed by atoms with van der Waals surface area (Å²) in [5.74, 6) is -4.01. The molecule has 0 aliphatic carbocycles. The Morgan fingerprint density at radius 2 is 1.71 bits per heavy atom. The van der Waals surface area contributed by atoms with E-state index in [0.29, 0.717) is 32.7 Å². The lowest BCUT2D eigenvalue weighted by molar-refractivity contribution is -0.274. The number of nitrogens with one attached hydrogen (secondary N) is 1. The minimum Gasteiger partial charge on any atom is -0.406 e. The summed E-state index contributed by atoms with van der Waals surface area (Å²) < 4.78 is 72.5. The number of aryl methyl sites for hydroxylation is 1. The average Bonchev–Trinajstić information content (AvgIpc) is 3.13. The monoisotopic (exact) mass is 560 g/mol. The Morgan fingerprint density at radius 3 is 2.26 bits per heavy atom. The molecule has 3 rings (SSSR count). The molecule has 0 fully saturated rings. The molecular formula is C23H22BrF5N4O2. The van der Waals surface area contributed by atoms with Crippen LogP contribution in [0.5, 0.6) is 5.75 Å². The summed E-state index contributed by atoms with van der Waals surface area (Å²) in [4.78, 5) is 0. The molecule has 0 bridgehead atoms. The van der Waals surface area contributed by atoms with E-state index in [1.54, 1.807) is 18.2 Å². The number of benzene rings is 2. The van der Waals surface area contributed by atoms with Gasteiger partial charge in [-0.15, -0.1) is 13.2 Å². The molecule has 0 saturated heterocycles. The van der Waals surface area contributed by atoms with Crippen LogP contribution < -0.4 is 15.8 Å². The van der Waals surface area contributed by atoms with E-state index in [4.69, 9.17) is 5.73 Å². The van der Waals surface area contributed by atoms with Crippen molar-refractivity contribution >= 4 is 27.3 Å². The van der Waals surface area contributed by atoms with Crippen molar-refractivity contribution in [1.82, 2.24) is 9.78 Å². The fourth-order valence-corrected chi connectivity index (χ4v) is 3.58. The Morgan fingerprint density at radius 1 is 1.09 bits per heavy atom. The van der Waals surface area contributed by atoms with Crippen LogP contribution in [0.3, 0.4) is 0 Å². The number of hydrogen-bond acceptors (Lipinski definition) is 5. The zero-order chi connectivity index (χ0) is 26.2. The lowest BCUT2D eigenvalue weighted by Gasteiger charge is -2.27. The van der Waals surface area contributed by atoms with Crippen molar-refractivity contribution < 1.29 is 31.8 Å². The predicted molar refractivity (Wildman–Crippen MR) is 125 cm³/mol. The van der Waals surface area contributed by atoms with Gasteiger partial charge in [0.05, 0.1) is 11.4 Å². The van der Waals surface area contributed by atoms with Crippen LogP contribution in [0.1, 0.15) is 25.1 Å². The highest BCUT2D eigenvalue weighted by Gasteiger charge is 2.49. The fourth-order valence-electron chi connectivity index (χ4n) is 3.22. The molecule has 12 heteroatoms. The molecule has 1 aromatic heterocycles. The van der Waals surface area contributed by atoms with Gasteiger partial charge in [-0.25, -0.2) is 0 Å². The van der Waals surface area contributed by atoms with Crippen molar-refractivity contribution in [3.63, 3.8) is 0 Å². The van der Waals surface area contributed by atoms with Crippen LogP contribution >= 0.6 is 15.9 Å². The molecule has 3 aromatic rings. The molecular weight excluding hydrogens is 539 g/mol. The minimum absolute atomic E-state index is 0.323. The number of nitrogens with zero attached hydrogens (tertiary/aromatic N) is 2. The maximum absolute atomic E-state index is 14.7. The number of aromatic nitrogens is 2. The van der Waals surface area contributed by atoms with Crippen LogP contribution in [-0.2, 0) is 13.0 Å². The highest BCUT2D eigenvalue weighted by Crippen LogP contribution is 2.41. The van der Waals surface area contributed by atoms with Gasteiger partial charge >= 0.3 is 12.3 Å². The number of rotatable bonds is 7. The third-order valence-electron chi connectivity index (χ3n) is 5.06. The van der Waals surface area contributed by atoms with Crippen LogP contribution in [0.4, 0.5) is 27.6 Å². The molecule has 0 spiro atoms. The van der Waals surface area contributed by atoms with Gasteiger partial charge in [-0.1, -0.05) is 15.9 Å². The Bertz CT molecular complexity index is 1230. The maximum atomic E-state index is 14.7. The second-order valence-electron chi connectivity index (χ2n) is 8.14. The number of nitrogens with two attached hydrogens (primary N) is 1. The first kappa shape index (κ1) is 26.5. The third-order valence-corrected chi connectivity index (χ3v) is 5.56. The van der Waals surface area contributed by atoms with Crippen molar-refractivity contribution in [2.75, 3.05) is 5.32 Å². The molecule has 0 aliphatic heterocycles. The molecule has 0 aliphatic rings. The molecule has 0 saturated carbocycles. The Balaban J connectivity index is 1.98. The van der Waals surface area contributed by atoms with E-state index in [2.05, 4.69) is 31.1 Å². The molecule has 35 heavy (non-hydrogen) atoms. The van der Waals surface area contributed by atoms with E-state index in [1.165, 1.54) is 36.1 Å². The van der Waals surface area contributed by atoms with Gasteiger partial charge in [-0.05, 0) is 67.9 Å². The third kappa shape index (κ3) is 5.93. The smallest absolute Gasteiger partial charge is 0.406 e. The molecule has 0 radical (unpaired) electrons. The SMILES string of the molecule is Cn1nc(C(F)(F)C(C)(C)O)cc1-c1ccc(Br)cc1N/C(=C\N)c1ccc(OC(F)(F)F)cc1. The fraction of sp³-hybridized carbons (Fsp3) is 0.261. The second kappa shape index (κ2) is 9.50. The second-order valence-corrected chi connectivity index (χ2v) is 9.05. The van der Waals surface area contributed by atoms with Crippen LogP contribution in [-0.4, -0.2) is 26.9 Å². The summed E-state index contributed by atoms with van der Waals surface area (Å²) in [6.45, 7) is 1.99. The summed E-state index contributed by atoms with van der Waals surface area (Å²) >= 11 is 3.37. The number of hydrogen-bond donors (Lipinski definition) is 3. The van der Waals surface area contributed by atoms with Crippen molar-refractivity contribution in [1.29, 1.82) is 0 Å². The largest absolute Gasteiger partial charge is 0.573 e. The predicted octanol–water partition coefficient (Wildman–Crippen LogP) is 5.98. The van der Waals surface area contributed by atoms with Gasteiger partial charge in [0.25, 0.3) is 0 Å². The first-order valence-corrected chi connectivity index (χ1v) is 10.9. The van der Waals surface area contributed by atoms with Crippen molar-refractivity contribution in [3.05, 3.63) is 70.5 Å². The summed E-state index contributed by atoms with van der Waals surface area (Å²) in [6.07, 6.45) is -3.59. The van der Waals surface area contributed by atoms with Gasteiger partial charge in [-0.3, -0.25) is 4.68 Å². The van der Waals surface area contributed by atoms with E-state index in [-0.39, 0.29) is 0 Å². The summed E-state index contributed by atoms with van der Waals surface area (Å²) in [7, 11) is 1.49. The molecule has 6 nitrogen and oxygen atoms in total. The van der Waals surface area contributed by atoms with Crippen LogP contribution in [0.2, 0.25) is 0 Å². The topological polar surface area (TPSA) is 85.3 Å². The highest BCUT2D eigenvalue weighted by atomic mass is 79.9. The van der Waals surface area contributed by atoms with E-state index < -0.39 is 29.3 Å². The number of aliphatic hydroxyl groups is 1. The average molecular weight is 561 g/mol.